The Morgan fingerprint density at radius 2 is 2.35 bits per heavy atom. The van der Waals surface area contributed by atoms with Gasteiger partial charge in [-0.2, -0.15) is 0 Å². The molecule has 1 aromatic heterocycles. The largest absolute Gasteiger partial charge is 0.490 e. The van der Waals surface area contributed by atoms with Gasteiger partial charge in [0.15, 0.2) is 11.3 Å². The van der Waals surface area contributed by atoms with Gasteiger partial charge in [0.25, 0.3) is 0 Å². The number of nitrogens with one attached hydrogen (secondary N) is 1. The van der Waals surface area contributed by atoms with Gasteiger partial charge in [0.05, 0.1) is 25.2 Å². The molecule has 0 saturated carbocycles. The summed E-state index contributed by atoms with van der Waals surface area (Å²) < 4.78 is 11.6. The van der Waals surface area contributed by atoms with Crippen LogP contribution in [-0.4, -0.2) is 36.5 Å². The van der Waals surface area contributed by atoms with E-state index >= 15 is 0 Å². The summed E-state index contributed by atoms with van der Waals surface area (Å²) in [5, 5.41) is 4.05. The molecule has 26 heavy (non-hydrogen) atoms. The molecule has 0 spiro atoms. The first-order valence-corrected chi connectivity index (χ1v) is 9.27. The molecule has 1 aliphatic rings. The topological polar surface area (TPSA) is 54.7 Å². The fourth-order valence-electron chi connectivity index (χ4n) is 3.51. The summed E-state index contributed by atoms with van der Waals surface area (Å²) in [6.07, 6.45) is 8.43. The molecular weight excluding hydrogens is 328 g/mol. The lowest BCUT2D eigenvalue weighted by Gasteiger charge is -2.33. The van der Waals surface area contributed by atoms with Crippen molar-refractivity contribution >= 4 is 16.9 Å². The second-order valence-electron chi connectivity index (χ2n) is 6.67. The van der Waals surface area contributed by atoms with Crippen LogP contribution in [0.4, 0.5) is 0 Å². The van der Waals surface area contributed by atoms with Gasteiger partial charge in [-0.15, -0.1) is 6.42 Å². The number of carbonyl (C=O) groups excluding carboxylic acids is 1. The summed E-state index contributed by atoms with van der Waals surface area (Å²) in [6, 6.07) is 7.39. The molecule has 1 N–H and O–H groups in total. The third-order valence-electron chi connectivity index (χ3n) is 4.82. The Balaban J connectivity index is 1.74. The summed E-state index contributed by atoms with van der Waals surface area (Å²) in [7, 11) is 0. The van der Waals surface area contributed by atoms with Crippen molar-refractivity contribution < 1.29 is 13.9 Å². The number of para-hydroxylation sites is 1. The van der Waals surface area contributed by atoms with E-state index in [9.17, 15) is 4.79 Å². The summed E-state index contributed by atoms with van der Waals surface area (Å²) in [5.41, 5.74) is 0.720. The smallest absolute Gasteiger partial charge is 0.237 e. The van der Waals surface area contributed by atoms with Crippen LogP contribution in [0.25, 0.3) is 11.0 Å². The number of piperidine rings is 1. The maximum atomic E-state index is 12.8. The number of nitrogens with zero attached hydrogens (tertiary/aromatic N) is 1. The summed E-state index contributed by atoms with van der Waals surface area (Å²) >= 11 is 0. The molecule has 5 heteroatoms. The van der Waals surface area contributed by atoms with Crippen LogP contribution in [0.1, 0.15) is 44.9 Å². The van der Waals surface area contributed by atoms with Crippen molar-refractivity contribution in [1.29, 1.82) is 0 Å². The number of fused-ring (bicyclic) bond motifs is 1. The molecule has 2 unspecified atom stereocenters. The maximum Gasteiger partial charge on any atom is 0.237 e. The van der Waals surface area contributed by atoms with Gasteiger partial charge in [0.2, 0.25) is 5.91 Å². The molecule has 1 saturated heterocycles. The van der Waals surface area contributed by atoms with Crippen molar-refractivity contribution in [3.8, 4) is 18.1 Å². The van der Waals surface area contributed by atoms with Crippen molar-refractivity contribution in [2.24, 2.45) is 0 Å². The number of terminal acetylenes is 1. The van der Waals surface area contributed by atoms with Gasteiger partial charge in [-0.1, -0.05) is 24.5 Å². The van der Waals surface area contributed by atoms with Gasteiger partial charge in [-0.05, 0) is 45.4 Å². The molecule has 5 nitrogen and oxygen atoms in total. The summed E-state index contributed by atoms with van der Waals surface area (Å²) in [6.45, 7) is 5.84. The van der Waals surface area contributed by atoms with E-state index in [2.05, 4.69) is 16.1 Å². The summed E-state index contributed by atoms with van der Waals surface area (Å²) in [4.78, 5) is 14.8. The predicted octanol–water partition coefficient (Wildman–Crippen LogP) is 3.50. The molecule has 2 heterocycles. The molecule has 0 aliphatic carbocycles. The summed E-state index contributed by atoms with van der Waals surface area (Å²) in [5.74, 6) is 4.12. The maximum absolute atomic E-state index is 12.8. The van der Waals surface area contributed by atoms with Crippen LogP contribution in [-0.2, 0) is 4.79 Å². The highest BCUT2D eigenvalue weighted by molar-refractivity contribution is 5.85. The van der Waals surface area contributed by atoms with Crippen LogP contribution in [0, 0.1) is 12.3 Å². The molecule has 138 valence electrons. The van der Waals surface area contributed by atoms with Crippen molar-refractivity contribution in [2.45, 2.75) is 45.2 Å². The third kappa shape index (κ3) is 3.86. The minimum absolute atomic E-state index is 0.0120. The highest BCUT2D eigenvalue weighted by Crippen LogP contribution is 2.31. The molecule has 0 bridgehead atoms. The number of hydrogen-bond donors (Lipinski definition) is 1. The minimum Gasteiger partial charge on any atom is -0.490 e. The van der Waals surface area contributed by atoms with Gasteiger partial charge < -0.3 is 14.5 Å². The van der Waals surface area contributed by atoms with E-state index in [4.69, 9.17) is 15.6 Å². The number of carbonyl (C=O) groups is 1. The Morgan fingerprint density at radius 1 is 1.50 bits per heavy atom. The SMILES string of the molecule is C#CCN1CCCCC1C(=O)NC(C)c1cc2cccc(OCC)c2o1. The normalized spacial score (nSPS) is 19.0. The quantitative estimate of drug-likeness (QED) is 0.807. The number of amides is 1. The lowest BCUT2D eigenvalue weighted by molar-refractivity contribution is -0.128. The lowest BCUT2D eigenvalue weighted by atomic mass is 10.0. The number of rotatable bonds is 6. The second kappa shape index (κ2) is 8.29. The fraction of sp³-hybridized carbons (Fsp3) is 0.476. The molecule has 2 aromatic rings. The van der Waals surface area contributed by atoms with Crippen molar-refractivity contribution in [3.05, 3.63) is 30.0 Å². The highest BCUT2D eigenvalue weighted by atomic mass is 16.5. The average Bonchev–Trinajstić information content (AvgIpc) is 3.08. The van der Waals surface area contributed by atoms with Gasteiger partial charge in [0, 0.05) is 5.39 Å². The molecule has 1 fully saturated rings. The van der Waals surface area contributed by atoms with E-state index in [1.807, 2.05) is 38.1 Å². The van der Waals surface area contributed by atoms with E-state index < -0.39 is 0 Å². The highest BCUT2D eigenvalue weighted by Gasteiger charge is 2.29. The van der Waals surface area contributed by atoms with E-state index in [1.54, 1.807) is 0 Å². The standard InChI is InChI=1S/C21H26N2O3/c1-4-12-23-13-7-6-10-17(23)21(24)22-15(3)19-14-16-9-8-11-18(25-5-2)20(16)26-19/h1,8-9,11,14-15,17H,5-7,10,12-13H2,2-3H3,(H,22,24). The Morgan fingerprint density at radius 3 is 3.12 bits per heavy atom. The van der Waals surface area contributed by atoms with Crippen LogP contribution in [0.5, 0.6) is 5.75 Å². The Hall–Kier alpha value is -2.45. The van der Waals surface area contributed by atoms with Crippen LogP contribution in [0.15, 0.2) is 28.7 Å². The first-order chi connectivity index (χ1) is 12.6. The predicted molar refractivity (Wildman–Crippen MR) is 102 cm³/mol. The third-order valence-corrected chi connectivity index (χ3v) is 4.82. The number of hydrogen-bond acceptors (Lipinski definition) is 4. The molecule has 1 aromatic carbocycles. The molecule has 2 atom stereocenters. The Kier molecular flexibility index (Phi) is 5.85. The number of furan rings is 1. The Bertz CT molecular complexity index is 805. The van der Waals surface area contributed by atoms with Gasteiger partial charge in [-0.3, -0.25) is 9.69 Å². The van der Waals surface area contributed by atoms with E-state index in [1.165, 1.54) is 0 Å². The molecular formula is C21H26N2O3. The van der Waals surface area contributed by atoms with Crippen LogP contribution < -0.4 is 10.1 Å². The Labute approximate surface area is 154 Å². The molecule has 3 rings (SSSR count). The van der Waals surface area contributed by atoms with E-state index in [0.717, 1.165) is 48.3 Å². The first kappa shape index (κ1) is 18.3. The van der Waals surface area contributed by atoms with Crippen LogP contribution in [0.3, 0.4) is 0 Å². The molecule has 1 aliphatic heterocycles. The zero-order valence-corrected chi connectivity index (χ0v) is 15.5. The van der Waals surface area contributed by atoms with Crippen molar-refractivity contribution in [1.82, 2.24) is 10.2 Å². The van der Waals surface area contributed by atoms with Crippen molar-refractivity contribution in [2.75, 3.05) is 19.7 Å². The minimum atomic E-state index is -0.223. The lowest BCUT2D eigenvalue weighted by Crippen LogP contribution is -2.49. The van der Waals surface area contributed by atoms with Crippen LogP contribution >= 0.6 is 0 Å². The zero-order valence-electron chi connectivity index (χ0n) is 15.5. The second-order valence-corrected chi connectivity index (χ2v) is 6.67. The van der Waals surface area contributed by atoms with E-state index in [0.29, 0.717) is 13.2 Å². The average molecular weight is 354 g/mol. The van der Waals surface area contributed by atoms with Gasteiger partial charge >= 0.3 is 0 Å². The first-order valence-electron chi connectivity index (χ1n) is 9.27. The van der Waals surface area contributed by atoms with E-state index in [-0.39, 0.29) is 18.0 Å². The van der Waals surface area contributed by atoms with Gasteiger partial charge in [-0.25, -0.2) is 0 Å². The number of benzene rings is 1. The van der Waals surface area contributed by atoms with Crippen LogP contribution in [0.2, 0.25) is 0 Å². The van der Waals surface area contributed by atoms with Crippen molar-refractivity contribution in [3.63, 3.8) is 0 Å². The zero-order chi connectivity index (χ0) is 18.5. The monoisotopic (exact) mass is 354 g/mol. The molecule has 0 radical (unpaired) electrons. The molecule has 1 amide bonds. The van der Waals surface area contributed by atoms with Gasteiger partial charge in [0.1, 0.15) is 5.76 Å². The number of ether oxygens (including phenoxy) is 1. The fourth-order valence-corrected chi connectivity index (χ4v) is 3.51. The number of likely N-dealkylation sites (tertiary alicyclic amines) is 1.